The van der Waals surface area contributed by atoms with E-state index in [1.54, 1.807) is 0 Å². The van der Waals surface area contributed by atoms with Crippen LogP contribution in [0, 0.1) is 11.6 Å². The quantitative estimate of drug-likeness (QED) is 0.419. The monoisotopic (exact) mass is 438 g/mol. The highest BCUT2D eigenvalue weighted by Crippen LogP contribution is 2.30. The minimum atomic E-state index is -0.241. The van der Waals surface area contributed by atoms with Gasteiger partial charge in [0, 0.05) is 37.6 Å². The van der Waals surface area contributed by atoms with Gasteiger partial charge in [-0.15, -0.1) is 11.8 Å². The summed E-state index contributed by atoms with van der Waals surface area (Å²) in [6, 6.07) is 22.2. The van der Waals surface area contributed by atoms with Crippen LogP contribution in [0.1, 0.15) is 29.7 Å². The van der Waals surface area contributed by atoms with Crippen LogP contribution >= 0.6 is 11.8 Å². The van der Waals surface area contributed by atoms with Crippen LogP contribution in [0.3, 0.4) is 0 Å². The van der Waals surface area contributed by atoms with E-state index >= 15 is 0 Å². The molecule has 0 saturated carbocycles. The molecule has 0 amide bonds. The Balaban J connectivity index is 1.44. The summed E-state index contributed by atoms with van der Waals surface area (Å²) in [6.45, 7) is 6.85. The topological polar surface area (TPSA) is 6.48 Å². The Hall–Kier alpha value is -2.21. The summed E-state index contributed by atoms with van der Waals surface area (Å²) in [7, 11) is 0. The summed E-state index contributed by atoms with van der Waals surface area (Å²) in [4.78, 5) is 6.21. The normalized spacial score (nSPS) is 15.5. The second kappa shape index (κ2) is 10.4. The van der Waals surface area contributed by atoms with Gasteiger partial charge in [0.15, 0.2) is 0 Å². The zero-order valence-electron chi connectivity index (χ0n) is 17.8. The van der Waals surface area contributed by atoms with Crippen LogP contribution in [0.25, 0.3) is 0 Å². The first-order valence-electron chi connectivity index (χ1n) is 10.8. The molecule has 0 unspecified atom stereocenters. The van der Waals surface area contributed by atoms with Gasteiger partial charge < -0.3 is 0 Å². The van der Waals surface area contributed by atoms with Gasteiger partial charge in [0.05, 0.1) is 6.04 Å². The lowest BCUT2D eigenvalue weighted by atomic mass is 9.96. The van der Waals surface area contributed by atoms with E-state index < -0.39 is 0 Å². The molecular formula is C26H28F2N2S. The SMILES string of the molecule is CCSc1ccc(CN2CCN(C(c3ccc(F)cc3)c3ccc(F)cc3)CC2)cc1. The number of piperazine rings is 1. The average Bonchev–Trinajstić information content (AvgIpc) is 2.79. The van der Waals surface area contributed by atoms with Crippen LogP contribution in [0.15, 0.2) is 77.7 Å². The molecule has 4 rings (SSSR count). The molecule has 0 aromatic heterocycles. The van der Waals surface area contributed by atoms with Gasteiger partial charge in [0.1, 0.15) is 11.6 Å². The second-order valence-electron chi connectivity index (χ2n) is 7.89. The van der Waals surface area contributed by atoms with Crippen LogP contribution in [0.4, 0.5) is 8.78 Å². The van der Waals surface area contributed by atoms with Crippen molar-refractivity contribution in [2.75, 3.05) is 31.9 Å². The van der Waals surface area contributed by atoms with E-state index in [0.29, 0.717) is 0 Å². The lowest BCUT2D eigenvalue weighted by Gasteiger charge is -2.40. The second-order valence-corrected chi connectivity index (χ2v) is 9.23. The first-order chi connectivity index (χ1) is 15.1. The van der Waals surface area contributed by atoms with Gasteiger partial charge in [-0.25, -0.2) is 8.78 Å². The molecule has 0 radical (unpaired) electrons. The highest BCUT2D eigenvalue weighted by atomic mass is 32.2. The number of benzene rings is 3. The standard InChI is InChI=1S/C26H28F2N2S/c1-2-31-25-13-3-20(4-14-25)19-29-15-17-30(18-16-29)26(21-5-9-23(27)10-6-21)22-7-11-24(28)12-8-22/h3-14,26H,2,15-19H2,1H3. The zero-order valence-corrected chi connectivity index (χ0v) is 18.6. The predicted octanol–water partition coefficient (Wildman–Crippen LogP) is 5.98. The number of hydrogen-bond donors (Lipinski definition) is 0. The maximum atomic E-state index is 13.5. The molecule has 1 fully saturated rings. The molecule has 3 aromatic rings. The molecule has 1 aliphatic rings. The highest BCUT2D eigenvalue weighted by molar-refractivity contribution is 7.99. The Bertz CT molecular complexity index is 905. The summed E-state index contributed by atoms with van der Waals surface area (Å²) < 4.78 is 27.0. The number of rotatable bonds is 7. The number of hydrogen-bond acceptors (Lipinski definition) is 3. The molecule has 5 heteroatoms. The third kappa shape index (κ3) is 5.73. The van der Waals surface area contributed by atoms with E-state index in [0.717, 1.165) is 49.6 Å². The number of thioether (sulfide) groups is 1. The smallest absolute Gasteiger partial charge is 0.123 e. The molecule has 0 aliphatic carbocycles. The van der Waals surface area contributed by atoms with E-state index in [2.05, 4.69) is 41.0 Å². The summed E-state index contributed by atoms with van der Waals surface area (Å²) >= 11 is 1.86. The lowest BCUT2D eigenvalue weighted by molar-refractivity contribution is 0.105. The van der Waals surface area contributed by atoms with Crippen LogP contribution in [0.2, 0.25) is 0 Å². The van der Waals surface area contributed by atoms with Crippen molar-refractivity contribution in [3.8, 4) is 0 Å². The van der Waals surface area contributed by atoms with Crippen molar-refractivity contribution < 1.29 is 8.78 Å². The fourth-order valence-corrected chi connectivity index (χ4v) is 4.86. The Morgan fingerprint density at radius 1 is 0.742 bits per heavy atom. The minimum Gasteiger partial charge on any atom is -0.297 e. The van der Waals surface area contributed by atoms with Gasteiger partial charge in [-0.3, -0.25) is 9.80 Å². The van der Waals surface area contributed by atoms with Crippen molar-refractivity contribution in [2.24, 2.45) is 0 Å². The summed E-state index contributed by atoms with van der Waals surface area (Å²) in [5, 5.41) is 0. The summed E-state index contributed by atoms with van der Waals surface area (Å²) in [5.41, 5.74) is 3.40. The first-order valence-corrected chi connectivity index (χ1v) is 11.8. The zero-order chi connectivity index (χ0) is 21.6. The van der Waals surface area contributed by atoms with Gasteiger partial charge in [0.25, 0.3) is 0 Å². The lowest BCUT2D eigenvalue weighted by Crippen LogP contribution is -2.47. The highest BCUT2D eigenvalue weighted by Gasteiger charge is 2.26. The Morgan fingerprint density at radius 2 is 1.26 bits per heavy atom. The third-order valence-corrected chi connectivity index (χ3v) is 6.68. The largest absolute Gasteiger partial charge is 0.297 e. The van der Waals surface area contributed by atoms with Crippen LogP contribution < -0.4 is 0 Å². The van der Waals surface area contributed by atoms with E-state index in [-0.39, 0.29) is 17.7 Å². The Kier molecular flexibility index (Phi) is 7.38. The average molecular weight is 439 g/mol. The summed E-state index contributed by atoms with van der Waals surface area (Å²) in [5.74, 6) is 0.606. The van der Waals surface area contributed by atoms with Crippen LogP contribution in [-0.2, 0) is 6.54 Å². The molecule has 1 heterocycles. The van der Waals surface area contributed by atoms with Crippen molar-refractivity contribution in [2.45, 2.75) is 24.4 Å². The van der Waals surface area contributed by atoms with Gasteiger partial charge in [-0.2, -0.15) is 0 Å². The molecule has 3 aromatic carbocycles. The minimum absolute atomic E-state index is 0.00583. The van der Waals surface area contributed by atoms with Crippen LogP contribution in [-0.4, -0.2) is 41.7 Å². The maximum absolute atomic E-state index is 13.5. The molecule has 0 atom stereocenters. The van der Waals surface area contributed by atoms with Gasteiger partial charge in [-0.1, -0.05) is 43.3 Å². The Labute approximate surface area is 187 Å². The van der Waals surface area contributed by atoms with Gasteiger partial charge in [0.2, 0.25) is 0 Å². The molecule has 1 saturated heterocycles. The predicted molar refractivity (Wildman–Crippen MR) is 124 cm³/mol. The summed E-state index contributed by atoms with van der Waals surface area (Å²) in [6.07, 6.45) is 0. The molecular weight excluding hydrogens is 410 g/mol. The Morgan fingerprint density at radius 3 is 1.74 bits per heavy atom. The molecule has 0 bridgehead atoms. The molecule has 31 heavy (non-hydrogen) atoms. The number of halogens is 2. The maximum Gasteiger partial charge on any atom is 0.123 e. The molecule has 0 spiro atoms. The van der Waals surface area contributed by atoms with Crippen molar-refractivity contribution in [3.63, 3.8) is 0 Å². The van der Waals surface area contributed by atoms with Crippen molar-refractivity contribution in [1.29, 1.82) is 0 Å². The first kappa shape index (κ1) is 22.0. The van der Waals surface area contributed by atoms with Crippen molar-refractivity contribution in [3.05, 3.63) is 101 Å². The molecule has 2 nitrogen and oxygen atoms in total. The van der Waals surface area contributed by atoms with E-state index in [1.807, 2.05) is 36.0 Å². The van der Waals surface area contributed by atoms with Gasteiger partial charge >= 0.3 is 0 Å². The molecule has 162 valence electrons. The van der Waals surface area contributed by atoms with E-state index in [1.165, 1.54) is 34.7 Å². The van der Waals surface area contributed by atoms with Crippen molar-refractivity contribution >= 4 is 11.8 Å². The van der Waals surface area contributed by atoms with Crippen LogP contribution in [0.5, 0.6) is 0 Å². The fourth-order valence-electron chi connectivity index (χ4n) is 4.20. The molecule has 1 aliphatic heterocycles. The van der Waals surface area contributed by atoms with Gasteiger partial charge in [-0.05, 0) is 58.8 Å². The van der Waals surface area contributed by atoms with E-state index in [9.17, 15) is 8.78 Å². The fraction of sp³-hybridized carbons (Fsp3) is 0.308. The number of nitrogens with zero attached hydrogens (tertiary/aromatic N) is 2. The van der Waals surface area contributed by atoms with Crippen molar-refractivity contribution in [1.82, 2.24) is 9.80 Å². The third-order valence-electron chi connectivity index (χ3n) is 5.78. The van der Waals surface area contributed by atoms with E-state index in [4.69, 9.17) is 0 Å². The molecule has 0 N–H and O–H groups in total.